The number of rotatable bonds is 6. The predicted octanol–water partition coefficient (Wildman–Crippen LogP) is 4.75. The Morgan fingerprint density at radius 3 is 1.92 bits per heavy atom. The number of imide groups is 2. The van der Waals surface area contributed by atoms with Crippen LogP contribution in [0.15, 0.2) is 103 Å². The number of amides is 4. The monoisotopic (exact) mass is 492 g/mol. The van der Waals surface area contributed by atoms with Crippen LogP contribution in [0.2, 0.25) is 0 Å². The van der Waals surface area contributed by atoms with Crippen molar-refractivity contribution in [3.63, 3.8) is 0 Å². The molecule has 0 saturated carbocycles. The number of carbonyl (C=O) groups excluding carboxylic acids is 4. The van der Waals surface area contributed by atoms with Crippen molar-refractivity contribution in [1.29, 1.82) is 0 Å². The van der Waals surface area contributed by atoms with Gasteiger partial charge >= 0.3 is 12.0 Å². The molecule has 0 N–H and O–H groups in total. The van der Waals surface area contributed by atoms with Crippen molar-refractivity contribution in [2.75, 3.05) is 13.2 Å². The Kier molecular flexibility index (Phi) is 6.27. The average Bonchev–Trinajstić information content (AvgIpc) is 3.15. The molecule has 4 aromatic carbocycles. The summed E-state index contributed by atoms with van der Waals surface area (Å²) < 4.78 is 5.02. The van der Waals surface area contributed by atoms with Crippen molar-refractivity contribution in [3.8, 4) is 0 Å². The first-order valence-corrected chi connectivity index (χ1v) is 11.9. The molecule has 4 amide bonds. The van der Waals surface area contributed by atoms with E-state index in [1.165, 1.54) is 0 Å². The summed E-state index contributed by atoms with van der Waals surface area (Å²) >= 11 is 0. The van der Waals surface area contributed by atoms with Crippen LogP contribution in [-0.4, -0.2) is 46.8 Å². The SMILES string of the molecule is CCOC(=O)CN1C(=O)N(C(=O)c2ccc3ccccc3c2)C(c2ccccc2)(c2ccccc2)C1=O. The van der Waals surface area contributed by atoms with E-state index in [9.17, 15) is 19.2 Å². The standard InChI is InChI=1S/C30H24N2O5/c1-2-37-26(33)20-31-28(35)30(24-13-5-3-6-14-24,25-15-7-4-8-16-25)32(29(31)36)27(34)23-18-17-21-11-9-10-12-22(21)19-23/h3-19H,2,20H2,1H3. The highest BCUT2D eigenvalue weighted by molar-refractivity contribution is 6.20. The molecule has 1 fully saturated rings. The third kappa shape index (κ3) is 3.94. The Hall–Kier alpha value is -4.78. The van der Waals surface area contributed by atoms with Gasteiger partial charge in [-0.15, -0.1) is 0 Å². The van der Waals surface area contributed by atoms with E-state index in [1.54, 1.807) is 85.8 Å². The number of fused-ring (bicyclic) bond motifs is 1. The second-order valence-corrected chi connectivity index (χ2v) is 8.62. The summed E-state index contributed by atoms with van der Waals surface area (Å²) in [7, 11) is 0. The molecule has 0 spiro atoms. The lowest BCUT2D eigenvalue weighted by Gasteiger charge is -2.35. The van der Waals surface area contributed by atoms with Gasteiger partial charge in [-0.25, -0.2) is 14.6 Å². The molecule has 0 aromatic heterocycles. The van der Waals surface area contributed by atoms with Crippen molar-refractivity contribution in [3.05, 3.63) is 120 Å². The number of hydrogen-bond donors (Lipinski definition) is 0. The highest BCUT2D eigenvalue weighted by Gasteiger charge is 2.62. The predicted molar refractivity (Wildman–Crippen MR) is 138 cm³/mol. The number of benzene rings is 4. The Bertz CT molecular complexity index is 1460. The normalized spacial score (nSPS) is 14.7. The fraction of sp³-hybridized carbons (Fsp3) is 0.133. The summed E-state index contributed by atoms with van der Waals surface area (Å²) in [4.78, 5) is 56.5. The van der Waals surface area contributed by atoms with Gasteiger partial charge in [0.15, 0.2) is 5.54 Å². The topological polar surface area (TPSA) is 84.0 Å². The molecule has 7 nitrogen and oxygen atoms in total. The van der Waals surface area contributed by atoms with Crippen LogP contribution in [0, 0.1) is 0 Å². The van der Waals surface area contributed by atoms with Crippen LogP contribution < -0.4 is 0 Å². The van der Waals surface area contributed by atoms with Crippen molar-refractivity contribution in [1.82, 2.24) is 9.80 Å². The molecule has 4 aromatic rings. The minimum absolute atomic E-state index is 0.0945. The van der Waals surface area contributed by atoms with Crippen LogP contribution >= 0.6 is 0 Å². The van der Waals surface area contributed by atoms with E-state index in [4.69, 9.17) is 4.74 Å². The molecule has 37 heavy (non-hydrogen) atoms. The number of esters is 1. The third-order valence-corrected chi connectivity index (χ3v) is 6.49. The van der Waals surface area contributed by atoms with Gasteiger partial charge in [-0.2, -0.15) is 0 Å². The van der Waals surface area contributed by atoms with Gasteiger partial charge in [0.05, 0.1) is 6.61 Å². The maximum Gasteiger partial charge on any atom is 0.335 e. The zero-order valence-corrected chi connectivity index (χ0v) is 20.2. The molecule has 7 heteroatoms. The molecule has 0 radical (unpaired) electrons. The Balaban J connectivity index is 1.74. The van der Waals surface area contributed by atoms with E-state index >= 15 is 0 Å². The van der Waals surface area contributed by atoms with Gasteiger partial charge in [0.25, 0.3) is 11.8 Å². The van der Waals surface area contributed by atoms with Gasteiger partial charge in [-0.1, -0.05) is 91.0 Å². The molecule has 1 aliphatic rings. The smallest absolute Gasteiger partial charge is 0.335 e. The summed E-state index contributed by atoms with van der Waals surface area (Å²) in [6, 6.07) is 29.1. The molecule has 0 unspecified atom stereocenters. The van der Waals surface area contributed by atoms with E-state index in [0.29, 0.717) is 11.1 Å². The molecule has 1 heterocycles. The molecule has 0 aliphatic carbocycles. The third-order valence-electron chi connectivity index (χ3n) is 6.49. The first-order valence-electron chi connectivity index (χ1n) is 11.9. The first-order chi connectivity index (χ1) is 18.0. The first kappa shape index (κ1) is 23.9. The Morgan fingerprint density at radius 1 is 0.757 bits per heavy atom. The van der Waals surface area contributed by atoms with Gasteiger partial charge in [0.2, 0.25) is 0 Å². The van der Waals surface area contributed by atoms with Gasteiger partial charge in [0.1, 0.15) is 6.54 Å². The number of carbonyl (C=O) groups is 4. The van der Waals surface area contributed by atoms with E-state index in [2.05, 4.69) is 0 Å². The molecular weight excluding hydrogens is 468 g/mol. The molecule has 0 atom stereocenters. The lowest BCUT2D eigenvalue weighted by atomic mass is 9.81. The molecule has 0 bridgehead atoms. The number of hydrogen-bond acceptors (Lipinski definition) is 5. The van der Waals surface area contributed by atoms with E-state index in [-0.39, 0.29) is 12.2 Å². The van der Waals surface area contributed by atoms with Crippen LogP contribution in [-0.2, 0) is 19.9 Å². The molecule has 184 valence electrons. The quantitative estimate of drug-likeness (QED) is 0.287. The van der Waals surface area contributed by atoms with Crippen molar-refractivity contribution in [2.24, 2.45) is 0 Å². The summed E-state index contributed by atoms with van der Waals surface area (Å²) in [5, 5.41) is 1.75. The number of nitrogens with zero attached hydrogens (tertiary/aromatic N) is 2. The summed E-state index contributed by atoms with van der Waals surface area (Å²) in [5.74, 6) is -2.08. The number of ether oxygens (including phenoxy) is 1. The summed E-state index contributed by atoms with van der Waals surface area (Å²) in [5.41, 5.74) is -0.705. The number of urea groups is 1. The minimum atomic E-state index is -1.81. The van der Waals surface area contributed by atoms with Crippen LogP contribution in [0.4, 0.5) is 4.79 Å². The second-order valence-electron chi connectivity index (χ2n) is 8.62. The van der Waals surface area contributed by atoms with Crippen molar-refractivity contribution >= 4 is 34.6 Å². The fourth-order valence-electron chi connectivity index (χ4n) is 4.84. The molecule has 1 saturated heterocycles. The zero-order chi connectivity index (χ0) is 26.0. The van der Waals surface area contributed by atoms with Crippen LogP contribution in [0.1, 0.15) is 28.4 Å². The van der Waals surface area contributed by atoms with Crippen LogP contribution in [0.25, 0.3) is 10.8 Å². The zero-order valence-electron chi connectivity index (χ0n) is 20.2. The summed E-state index contributed by atoms with van der Waals surface area (Å²) in [6.07, 6.45) is 0. The Morgan fingerprint density at radius 2 is 1.32 bits per heavy atom. The van der Waals surface area contributed by atoms with Gasteiger partial charge < -0.3 is 4.74 Å². The largest absolute Gasteiger partial charge is 0.465 e. The Labute approximate surface area is 213 Å². The van der Waals surface area contributed by atoms with E-state index < -0.39 is 35.9 Å². The highest BCUT2D eigenvalue weighted by Crippen LogP contribution is 2.44. The molecular formula is C30H24N2O5. The van der Waals surface area contributed by atoms with Gasteiger partial charge in [0, 0.05) is 5.56 Å². The van der Waals surface area contributed by atoms with Crippen LogP contribution in [0.5, 0.6) is 0 Å². The lowest BCUT2D eigenvalue weighted by molar-refractivity contribution is -0.147. The molecule has 1 aliphatic heterocycles. The second kappa shape index (κ2) is 9.70. The van der Waals surface area contributed by atoms with Gasteiger partial charge in [-0.3, -0.25) is 14.4 Å². The maximum absolute atomic E-state index is 14.2. The maximum atomic E-state index is 14.2. The molecule has 5 rings (SSSR count). The highest BCUT2D eigenvalue weighted by atomic mass is 16.5. The van der Waals surface area contributed by atoms with E-state index in [1.807, 2.05) is 24.3 Å². The summed E-state index contributed by atoms with van der Waals surface area (Å²) in [6.45, 7) is 1.13. The van der Waals surface area contributed by atoms with Crippen LogP contribution in [0.3, 0.4) is 0 Å². The lowest BCUT2D eigenvalue weighted by Crippen LogP contribution is -2.50. The van der Waals surface area contributed by atoms with Gasteiger partial charge in [-0.05, 0) is 41.0 Å². The average molecular weight is 493 g/mol. The minimum Gasteiger partial charge on any atom is -0.465 e. The fourth-order valence-corrected chi connectivity index (χ4v) is 4.84. The van der Waals surface area contributed by atoms with Crippen molar-refractivity contribution in [2.45, 2.75) is 12.5 Å². The van der Waals surface area contributed by atoms with E-state index in [0.717, 1.165) is 20.6 Å². The van der Waals surface area contributed by atoms with Crippen molar-refractivity contribution < 1.29 is 23.9 Å².